The highest BCUT2D eigenvalue weighted by atomic mass is 32.1. The molecule has 39 heavy (non-hydrogen) atoms. The van der Waals surface area contributed by atoms with Crippen LogP contribution in [0.4, 0.5) is 20.0 Å². The number of fused-ring (bicyclic) bond motifs is 3. The van der Waals surface area contributed by atoms with Gasteiger partial charge in [-0.1, -0.05) is 29.5 Å². The summed E-state index contributed by atoms with van der Waals surface area (Å²) in [7, 11) is 0. The summed E-state index contributed by atoms with van der Waals surface area (Å²) in [5.41, 5.74) is 5.54. The number of amides is 2. The molecule has 2 N–H and O–H groups in total. The number of nitrogens with zero attached hydrogens (tertiary/aromatic N) is 3. The third kappa shape index (κ3) is 4.63. The van der Waals surface area contributed by atoms with E-state index in [-0.39, 0.29) is 23.3 Å². The van der Waals surface area contributed by atoms with E-state index < -0.39 is 0 Å². The van der Waals surface area contributed by atoms with Crippen LogP contribution in [0, 0.1) is 5.82 Å². The number of halogens is 1. The number of thiazole rings is 1. The van der Waals surface area contributed by atoms with E-state index in [0.29, 0.717) is 12.6 Å². The predicted octanol–water partition coefficient (Wildman–Crippen LogP) is 6.41. The second kappa shape index (κ2) is 9.57. The topological polar surface area (TPSA) is 79.4 Å². The van der Waals surface area contributed by atoms with Gasteiger partial charge in [0.25, 0.3) is 0 Å². The first-order valence-corrected chi connectivity index (χ1v) is 14.4. The molecule has 9 heteroatoms. The number of anilines is 2. The van der Waals surface area contributed by atoms with Crippen molar-refractivity contribution in [3.8, 4) is 11.1 Å². The number of pyridine rings is 1. The Bertz CT molecular complexity index is 1560. The third-order valence-electron chi connectivity index (χ3n) is 8.18. The van der Waals surface area contributed by atoms with Crippen LogP contribution in [0.15, 0.2) is 54.7 Å². The van der Waals surface area contributed by atoms with Crippen molar-refractivity contribution >= 4 is 38.4 Å². The maximum Gasteiger partial charge on any atom is 0.322 e. The van der Waals surface area contributed by atoms with Crippen molar-refractivity contribution in [2.24, 2.45) is 0 Å². The first kappa shape index (κ1) is 24.5. The highest BCUT2D eigenvalue weighted by Crippen LogP contribution is 2.56. The first-order valence-electron chi connectivity index (χ1n) is 13.6. The van der Waals surface area contributed by atoms with Gasteiger partial charge in [0.1, 0.15) is 5.82 Å². The zero-order valence-electron chi connectivity index (χ0n) is 21.7. The number of carbonyl (C=O) groups excluding carboxylic acids is 1. The number of urea groups is 1. The third-order valence-corrected chi connectivity index (χ3v) is 9.13. The lowest BCUT2D eigenvalue weighted by molar-refractivity contribution is 0.0904. The van der Waals surface area contributed by atoms with E-state index in [4.69, 9.17) is 14.7 Å². The maximum atomic E-state index is 13.7. The molecule has 0 radical (unpaired) electrons. The molecule has 0 unspecified atom stereocenters. The van der Waals surface area contributed by atoms with Crippen LogP contribution in [0.3, 0.4) is 0 Å². The Morgan fingerprint density at radius 2 is 2.00 bits per heavy atom. The lowest BCUT2D eigenvalue weighted by Gasteiger charge is -2.22. The van der Waals surface area contributed by atoms with Crippen LogP contribution in [-0.4, -0.2) is 41.8 Å². The number of aromatic nitrogens is 2. The van der Waals surface area contributed by atoms with E-state index in [0.717, 1.165) is 82.3 Å². The molecule has 1 aliphatic carbocycles. The molecule has 7 nitrogen and oxygen atoms in total. The zero-order chi connectivity index (χ0) is 26.6. The highest BCUT2D eigenvalue weighted by Gasteiger charge is 2.54. The van der Waals surface area contributed by atoms with Gasteiger partial charge in [-0.15, -0.1) is 0 Å². The van der Waals surface area contributed by atoms with Crippen LogP contribution >= 0.6 is 11.3 Å². The van der Waals surface area contributed by atoms with Crippen LogP contribution in [-0.2, 0) is 10.2 Å². The Labute approximate surface area is 230 Å². The second-order valence-corrected chi connectivity index (χ2v) is 11.9. The van der Waals surface area contributed by atoms with Crippen LogP contribution in [0.5, 0.6) is 0 Å². The minimum absolute atomic E-state index is 0.0420. The summed E-state index contributed by atoms with van der Waals surface area (Å²) >= 11 is 1.66. The summed E-state index contributed by atoms with van der Waals surface area (Å²) in [5, 5.41) is 7.57. The monoisotopic (exact) mass is 543 g/mol. The van der Waals surface area contributed by atoms with Crippen LogP contribution in [0.1, 0.15) is 49.9 Å². The van der Waals surface area contributed by atoms with Gasteiger partial charge in [0, 0.05) is 43.0 Å². The SMILES string of the molecule is C[C@H](NC(=O)N1CC2(CC2)c2ncc(-c3ccc4nc(NC5CCOCC5)sc4c3)cc21)c1cccc(F)c1. The first-order chi connectivity index (χ1) is 19.0. The van der Waals surface area contributed by atoms with E-state index in [1.54, 1.807) is 17.4 Å². The van der Waals surface area contributed by atoms with Crippen molar-refractivity contribution in [2.45, 2.75) is 50.1 Å². The highest BCUT2D eigenvalue weighted by molar-refractivity contribution is 7.22. The average molecular weight is 544 g/mol. The molecule has 7 rings (SSSR count). The smallest absolute Gasteiger partial charge is 0.322 e. The summed E-state index contributed by atoms with van der Waals surface area (Å²) in [6.45, 7) is 4.08. The number of carbonyl (C=O) groups is 1. The van der Waals surface area contributed by atoms with E-state index in [9.17, 15) is 9.18 Å². The van der Waals surface area contributed by atoms with Gasteiger partial charge in [-0.25, -0.2) is 14.2 Å². The molecule has 1 spiro atoms. The number of hydrogen-bond acceptors (Lipinski definition) is 6. The molecule has 2 aliphatic heterocycles. The van der Waals surface area contributed by atoms with Crippen molar-refractivity contribution in [1.82, 2.24) is 15.3 Å². The number of benzene rings is 2. The largest absolute Gasteiger partial charge is 0.381 e. The molecule has 1 saturated heterocycles. The zero-order valence-corrected chi connectivity index (χ0v) is 22.6. The number of ether oxygens (including phenoxy) is 1. The van der Waals surface area contributed by atoms with Crippen molar-refractivity contribution in [3.05, 3.63) is 71.8 Å². The summed E-state index contributed by atoms with van der Waals surface area (Å²) in [6, 6.07) is 14.6. The quantitative estimate of drug-likeness (QED) is 0.304. The summed E-state index contributed by atoms with van der Waals surface area (Å²) in [6.07, 6.45) is 5.98. The van der Waals surface area contributed by atoms with E-state index in [1.165, 1.54) is 12.1 Å². The fourth-order valence-corrected chi connectivity index (χ4v) is 6.70. The summed E-state index contributed by atoms with van der Waals surface area (Å²) in [4.78, 5) is 24.9. The van der Waals surface area contributed by atoms with E-state index >= 15 is 0 Å². The van der Waals surface area contributed by atoms with Gasteiger partial charge >= 0.3 is 6.03 Å². The van der Waals surface area contributed by atoms with Gasteiger partial charge in [0.15, 0.2) is 5.13 Å². The fourth-order valence-electron chi connectivity index (χ4n) is 5.72. The van der Waals surface area contributed by atoms with Crippen LogP contribution < -0.4 is 15.5 Å². The molecule has 2 aromatic heterocycles. The van der Waals surface area contributed by atoms with Gasteiger partial charge in [-0.2, -0.15) is 0 Å². The summed E-state index contributed by atoms with van der Waals surface area (Å²) < 4.78 is 20.3. The molecule has 2 amide bonds. The molecule has 200 valence electrons. The van der Waals surface area contributed by atoms with Crippen LogP contribution in [0.2, 0.25) is 0 Å². The van der Waals surface area contributed by atoms with Crippen LogP contribution in [0.25, 0.3) is 21.3 Å². The van der Waals surface area contributed by atoms with E-state index in [1.807, 2.05) is 24.1 Å². The predicted molar refractivity (Wildman–Crippen MR) is 152 cm³/mol. The van der Waals surface area contributed by atoms with Gasteiger partial charge < -0.3 is 15.4 Å². The lowest BCUT2D eigenvalue weighted by Crippen LogP contribution is -2.41. The Kier molecular flexibility index (Phi) is 6.01. The molecular weight excluding hydrogens is 513 g/mol. The molecule has 3 aliphatic rings. The Balaban J connectivity index is 1.15. The minimum Gasteiger partial charge on any atom is -0.381 e. The van der Waals surface area contributed by atoms with Crippen molar-refractivity contribution in [1.29, 1.82) is 0 Å². The Morgan fingerprint density at radius 1 is 1.15 bits per heavy atom. The molecular formula is C30H30FN5O2S. The lowest BCUT2D eigenvalue weighted by atomic mass is 10.0. The maximum absolute atomic E-state index is 13.7. The molecule has 1 atom stereocenters. The molecule has 4 heterocycles. The second-order valence-electron chi connectivity index (χ2n) is 10.9. The Morgan fingerprint density at radius 3 is 2.79 bits per heavy atom. The summed E-state index contributed by atoms with van der Waals surface area (Å²) in [5.74, 6) is -0.310. The van der Waals surface area contributed by atoms with Crippen molar-refractivity contribution in [3.63, 3.8) is 0 Å². The average Bonchev–Trinajstić information content (AvgIpc) is 3.50. The Hall–Kier alpha value is -3.56. The minimum atomic E-state index is -0.318. The standard InChI is InChI=1S/C30H30FN5O2S/c1-18(19-3-2-4-22(31)13-19)33-29(37)36-17-30(9-10-30)27-25(36)14-21(16-32-27)20-5-6-24-26(15-20)39-28(35-24)34-23-7-11-38-12-8-23/h2-6,13-16,18,23H,7-12,17H2,1H3,(H,33,37)(H,34,35)/t18-/m0/s1. The van der Waals surface area contributed by atoms with Crippen molar-refractivity contribution in [2.75, 3.05) is 30.0 Å². The van der Waals surface area contributed by atoms with Gasteiger partial charge in [0.05, 0.1) is 27.6 Å². The molecule has 2 aromatic carbocycles. The van der Waals surface area contributed by atoms with Gasteiger partial charge in [0.2, 0.25) is 0 Å². The molecule has 4 aromatic rings. The molecule has 0 bridgehead atoms. The van der Waals surface area contributed by atoms with Crippen molar-refractivity contribution < 1.29 is 13.9 Å². The normalized spacial score (nSPS) is 18.8. The molecule has 2 fully saturated rings. The number of nitrogens with one attached hydrogen (secondary N) is 2. The van der Waals surface area contributed by atoms with E-state index in [2.05, 4.69) is 34.9 Å². The molecule has 1 saturated carbocycles. The number of hydrogen-bond donors (Lipinski definition) is 2. The number of rotatable bonds is 5. The van der Waals surface area contributed by atoms with Gasteiger partial charge in [-0.3, -0.25) is 9.88 Å². The van der Waals surface area contributed by atoms with Gasteiger partial charge in [-0.05, 0) is 74.1 Å². The fraction of sp³-hybridized carbons (Fsp3) is 0.367.